The van der Waals surface area contributed by atoms with E-state index in [4.69, 9.17) is 10.8 Å². The fourth-order valence-corrected chi connectivity index (χ4v) is 1.65. The van der Waals surface area contributed by atoms with E-state index in [2.05, 4.69) is 0 Å². The molecule has 0 aliphatic carbocycles. The van der Waals surface area contributed by atoms with Gasteiger partial charge in [-0.15, -0.1) is 0 Å². The Balaban J connectivity index is 2.93. The molecular weight excluding hydrogens is 220 g/mol. The van der Waals surface area contributed by atoms with Gasteiger partial charge in [0.25, 0.3) is 0 Å². The average molecular weight is 238 g/mol. The normalized spacial score (nSPS) is 12.2. The molecule has 4 N–H and O–H groups in total. The van der Waals surface area contributed by atoms with Gasteiger partial charge in [-0.05, 0) is 25.5 Å². The molecule has 17 heavy (non-hydrogen) atoms. The van der Waals surface area contributed by atoms with Crippen molar-refractivity contribution in [2.75, 3.05) is 18.0 Å². The number of nitrogens with zero attached hydrogens (tertiary/aromatic N) is 1. The van der Waals surface area contributed by atoms with Crippen LogP contribution in [-0.4, -0.2) is 35.3 Å². The van der Waals surface area contributed by atoms with Crippen molar-refractivity contribution in [3.05, 3.63) is 23.8 Å². The summed E-state index contributed by atoms with van der Waals surface area (Å²) in [6, 6.07) is 4.08. The highest BCUT2D eigenvalue weighted by atomic mass is 16.4. The second-order valence-corrected chi connectivity index (χ2v) is 3.95. The van der Waals surface area contributed by atoms with E-state index >= 15 is 0 Å². The Bertz CT molecular complexity index is 407. The summed E-state index contributed by atoms with van der Waals surface area (Å²) in [5.74, 6) is -0.866. The third-order valence-electron chi connectivity index (χ3n) is 2.65. The third kappa shape index (κ3) is 3.35. The van der Waals surface area contributed by atoms with E-state index in [0.29, 0.717) is 6.54 Å². The Morgan fingerprint density at radius 3 is 2.71 bits per heavy atom. The van der Waals surface area contributed by atoms with Crippen molar-refractivity contribution in [2.24, 2.45) is 5.73 Å². The van der Waals surface area contributed by atoms with Gasteiger partial charge in [-0.3, -0.25) is 4.79 Å². The first-order valence-electron chi connectivity index (χ1n) is 5.48. The lowest BCUT2D eigenvalue weighted by atomic mass is 10.1. The largest absolute Gasteiger partial charge is 0.508 e. The van der Waals surface area contributed by atoms with Gasteiger partial charge in [-0.1, -0.05) is 6.07 Å². The number of phenolic OH excluding ortho intramolecular Hbond substituents is 1. The van der Waals surface area contributed by atoms with Crippen molar-refractivity contribution in [1.82, 2.24) is 0 Å². The molecule has 1 atom stereocenters. The standard InChI is InChI=1S/C12H18N2O3/c1-3-14(7-10(13)12(16)17)11-6-9(15)5-4-8(11)2/h4-6,10,15H,3,7,13H2,1-2H3,(H,16,17). The molecule has 1 rings (SSSR count). The van der Waals surface area contributed by atoms with Crippen molar-refractivity contribution in [3.63, 3.8) is 0 Å². The summed E-state index contributed by atoms with van der Waals surface area (Å²) < 4.78 is 0. The molecule has 0 heterocycles. The van der Waals surface area contributed by atoms with Gasteiger partial charge in [0, 0.05) is 24.8 Å². The number of hydrogen-bond acceptors (Lipinski definition) is 4. The molecule has 1 aromatic rings. The summed E-state index contributed by atoms with van der Waals surface area (Å²) >= 11 is 0. The van der Waals surface area contributed by atoms with Crippen LogP contribution in [0.4, 0.5) is 5.69 Å². The molecule has 0 aromatic heterocycles. The van der Waals surface area contributed by atoms with Crippen molar-refractivity contribution in [2.45, 2.75) is 19.9 Å². The molecule has 0 saturated heterocycles. The van der Waals surface area contributed by atoms with E-state index in [-0.39, 0.29) is 12.3 Å². The quantitative estimate of drug-likeness (QED) is 0.710. The Hall–Kier alpha value is -1.75. The number of likely N-dealkylation sites (N-methyl/N-ethyl adjacent to an activating group) is 1. The van der Waals surface area contributed by atoms with Crippen LogP contribution in [0.1, 0.15) is 12.5 Å². The summed E-state index contributed by atoms with van der Waals surface area (Å²) in [5, 5.41) is 18.2. The van der Waals surface area contributed by atoms with Crippen LogP contribution in [0.15, 0.2) is 18.2 Å². The number of carboxylic acids is 1. The van der Waals surface area contributed by atoms with Gasteiger partial charge in [-0.2, -0.15) is 0 Å². The van der Waals surface area contributed by atoms with Gasteiger partial charge < -0.3 is 20.8 Å². The van der Waals surface area contributed by atoms with Crippen LogP contribution in [0.25, 0.3) is 0 Å². The molecule has 0 aliphatic rings. The number of nitrogens with two attached hydrogens (primary N) is 1. The molecule has 0 fully saturated rings. The molecule has 5 nitrogen and oxygen atoms in total. The summed E-state index contributed by atoms with van der Waals surface area (Å²) in [4.78, 5) is 12.6. The molecular formula is C12H18N2O3. The second kappa shape index (κ2) is 5.54. The van der Waals surface area contributed by atoms with Crippen LogP contribution in [0, 0.1) is 6.92 Å². The monoisotopic (exact) mass is 238 g/mol. The minimum absolute atomic E-state index is 0.160. The minimum atomic E-state index is -1.03. The molecule has 5 heteroatoms. The van der Waals surface area contributed by atoms with Gasteiger partial charge in [0.05, 0.1) is 0 Å². The first kappa shape index (κ1) is 13.3. The highest BCUT2D eigenvalue weighted by molar-refractivity contribution is 5.74. The maximum atomic E-state index is 10.7. The summed E-state index contributed by atoms with van der Waals surface area (Å²) in [6.07, 6.45) is 0. The molecule has 0 saturated carbocycles. The predicted octanol–water partition coefficient (Wildman–Crippen LogP) is 0.939. The minimum Gasteiger partial charge on any atom is -0.508 e. The van der Waals surface area contributed by atoms with Gasteiger partial charge in [0.1, 0.15) is 11.8 Å². The van der Waals surface area contributed by atoms with Gasteiger partial charge in [0.15, 0.2) is 0 Å². The van der Waals surface area contributed by atoms with Gasteiger partial charge >= 0.3 is 5.97 Å². The van der Waals surface area contributed by atoms with E-state index in [1.807, 2.05) is 18.7 Å². The molecule has 0 amide bonds. The number of rotatable bonds is 5. The second-order valence-electron chi connectivity index (χ2n) is 3.95. The van der Waals surface area contributed by atoms with Crippen molar-refractivity contribution < 1.29 is 15.0 Å². The first-order valence-corrected chi connectivity index (χ1v) is 5.48. The van der Waals surface area contributed by atoms with E-state index in [1.54, 1.807) is 18.2 Å². The van der Waals surface area contributed by atoms with Crippen LogP contribution in [-0.2, 0) is 4.79 Å². The molecule has 1 aromatic carbocycles. The lowest BCUT2D eigenvalue weighted by Gasteiger charge is -2.26. The number of hydrogen-bond donors (Lipinski definition) is 3. The number of phenols is 1. The Morgan fingerprint density at radius 2 is 2.18 bits per heavy atom. The van der Waals surface area contributed by atoms with Crippen molar-refractivity contribution in [1.29, 1.82) is 0 Å². The molecule has 0 radical (unpaired) electrons. The third-order valence-corrected chi connectivity index (χ3v) is 2.65. The SMILES string of the molecule is CCN(CC(N)C(=O)O)c1cc(O)ccc1C. The first-order chi connectivity index (χ1) is 7.95. The summed E-state index contributed by atoms with van der Waals surface area (Å²) in [6.45, 7) is 4.67. The topological polar surface area (TPSA) is 86.8 Å². The molecule has 0 spiro atoms. The lowest BCUT2D eigenvalue weighted by molar-refractivity contribution is -0.138. The smallest absolute Gasteiger partial charge is 0.322 e. The number of aryl methyl sites for hydroxylation is 1. The maximum absolute atomic E-state index is 10.7. The highest BCUT2D eigenvalue weighted by Gasteiger charge is 2.17. The number of carbonyl (C=O) groups is 1. The lowest BCUT2D eigenvalue weighted by Crippen LogP contribution is -2.43. The summed E-state index contributed by atoms with van der Waals surface area (Å²) in [5.41, 5.74) is 7.30. The molecule has 0 bridgehead atoms. The van der Waals surface area contributed by atoms with Crippen molar-refractivity contribution in [3.8, 4) is 5.75 Å². The fourth-order valence-electron chi connectivity index (χ4n) is 1.65. The molecule has 94 valence electrons. The van der Waals surface area contributed by atoms with Crippen LogP contribution < -0.4 is 10.6 Å². The zero-order chi connectivity index (χ0) is 13.0. The zero-order valence-electron chi connectivity index (χ0n) is 10.1. The van der Waals surface area contributed by atoms with Crippen LogP contribution in [0.3, 0.4) is 0 Å². The Labute approximate surface area is 100 Å². The average Bonchev–Trinajstić information content (AvgIpc) is 2.29. The van der Waals surface area contributed by atoms with E-state index in [0.717, 1.165) is 11.3 Å². The predicted molar refractivity (Wildman–Crippen MR) is 66.3 cm³/mol. The fraction of sp³-hybridized carbons (Fsp3) is 0.417. The molecule has 1 unspecified atom stereocenters. The van der Waals surface area contributed by atoms with Crippen LogP contribution in [0.5, 0.6) is 5.75 Å². The number of aliphatic carboxylic acids is 1. The number of benzene rings is 1. The van der Waals surface area contributed by atoms with Crippen LogP contribution >= 0.6 is 0 Å². The van der Waals surface area contributed by atoms with E-state index in [1.165, 1.54) is 0 Å². The van der Waals surface area contributed by atoms with Gasteiger partial charge in [-0.25, -0.2) is 0 Å². The zero-order valence-corrected chi connectivity index (χ0v) is 10.1. The van der Waals surface area contributed by atoms with Crippen LogP contribution in [0.2, 0.25) is 0 Å². The number of aromatic hydroxyl groups is 1. The number of carboxylic acid groups (broad SMARTS) is 1. The van der Waals surface area contributed by atoms with E-state index < -0.39 is 12.0 Å². The molecule has 0 aliphatic heterocycles. The maximum Gasteiger partial charge on any atom is 0.322 e. The highest BCUT2D eigenvalue weighted by Crippen LogP contribution is 2.24. The number of anilines is 1. The van der Waals surface area contributed by atoms with E-state index in [9.17, 15) is 9.90 Å². The Morgan fingerprint density at radius 1 is 1.53 bits per heavy atom. The van der Waals surface area contributed by atoms with Gasteiger partial charge in [0.2, 0.25) is 0 Å². The summed E-state index contributed by atoms with van der Waals surface area (Å²) in [7, 11) is 0. The Kier molecular flexibility index (Phi) is 4.34. The van der Waals surface area contributed by atoms with Crippen molar-refractivity contribution >= 4 is 11.7 Å².